The Morgan fingerprint density at radius 3 is 2.52 bits per heavy atom. The highest BCUT2D eigenvalue weighted by molar-refractivity contribution is 7.26. The number of pyridine rings is 1. The monoisotopic (exact) mass is 412 g/mol. The Labute approximate surface area is 177 Å². The summed E-state index contributed by atoms with van der Waals surface area (Å²) in [5.74, 6) is 1.08. The number of fused-ring (bicyclic) bond motifs is 5. The zero-order valence-electron chi connectivity index (χ0n) is 18.3. The van der Waals surface area contributed by atoms with Gasteiger partial charge in [-0.3, -0.25) is 0 Å². The van der Waals surface area contributed by atoms with E-state index < -0.39 is 0 Å². The second-order valence-electron chi connectivity index (χ2n) is 8.73. The molecule has 0 fully saturated rings. The quantitative estimate of drug-likeness (QED) is 0.490. The van der Waals surface area contributed by atoms with Crippen molar-refractivity contribution in [1.82, 2.24) is 15.0 Å². The van der Waals surface area contributed by atoms with Gasteiger partial charge < -0.3 is 9.64 Å². The maximum Gasteiger partial charge on any atom is 0.150 e. The largest absolute Gasteiger partial charge is 0.370 e. The summed E-state index contributed by atoms with van der Waals surface area (Å²) in [6, 6.07) is 0. The van der Waals surface area contributed by atoms with Crippen molar-refractivity contribution in [2.45, 2.75) is 78.9 Å². The van der Waals surface area contributed by atoms with Crippen molar-refractivity contribution in [2.24, 2.45) is 0 Å². The molecule has 4 heterocycles. The van der Waals surface area contributed by atoms with Gasteiger partial charge in [-0.05, 0) is 39.2 Å². The third kappa shape index (κ3) is 3.84. The third-order valence-electron chi connectivity index (χ3n) is 5.88. The molecule has 3 aromatic rings. The van der Waals surface area contributed by atoms with Crippen LogP contribution in [-0.2, 0) is 17.8 Å². The van der Waals surface area contributed by atoms with E-state index in [0.717, 1.165) is 41.4 Å². The van der Waals surface area contributed by atoms with Crippen molar-refractivity contribution in [3.8, 4) is 0 Å². The standard InChI is InChI=1S/C23H32N4OS/c1-6-8-10-27(11-9-7-2)21-20-19(24-14-25-21)18-16-12-23(4,5)28-13-17(16)15(3)26-22(18)29-20/h14H,6-13H2,1-5H3. The second kappa shape index (κ2) is 8.15. The van der Waals surface area contributed by atoms with E-state index in [-0.39, 0.29) is 5.60 Å². The number of rotatable bonds is 7. The Bertz CT molecular complexity index is 1020. The van der Waals surface area contributed by atoms with Gasteiger partial charge in [0.05, 0.1) is 22.4 Å². The highest BCUT2D eigenvalue weighted by Gasteiger charge is 2.31. The number of hydrogen-bond acceptors (Lipinski definition) is 6. The lowest BCUT2D eigenvalue weighted by atomic mass is 9.89. The van der Waals surface area contributed by atoms with Crippen LogP contribution in [0.25, 0.3) is 20.4 Å². The molecule has 0 unspecified atom stereocenters. The Morgan fingerprint density at radius 1 is 1.10 bits per heavy atom. The first-order chi connectivity index (χ1) is 13.9. The van der Waals surface area contributed by atoms with Gasteiger partial charge in [-0.2, -0.15) is 0 Å². The molecule has 5 nitrogen and oxygen atoms in total. The second-order valence-corrected chi connectivity index (χ2v) is 9.73. The molecule has 29 heavy (non-hydrogen) atoms. The first-order valence-electron chi connectivity index (χ1n) is 10.9. The van der Waals surface area contributed by atoms with Crippen LogP contribution in [-0.4, -0.2) is 33.6 Å². The minimum Gasteiger partial charge on any atom is -0.370 e. The number of hydrogen-bond donors (Lipinski definition) is 0. The number of unbranched alkanes of at least 4 members (excludes halogenated alkanes) is 2. The van der Waals surface area contributed by atoms with Gasteiger partial charge in [0.15, 0.2) is 0 Å². The molecule has 156 valence electrons. The molecule has 3 aromatic heterocycles. The summed E-state index contributed by atoms with van der Waals surface area (Å²) < 4.78 is 7.26. The average Bonchev–Trinajstić information content (AvgIpc) is 3.06. The average molecular weight is 413 g/mol. The summed E-state index contributed by atoms with van der Waals surface area (Å²) in [7, 11) is 0. The smallest absolute Gasteiger partial charge is 0.150 e. The predicted octanol–water partition coefficient (Wildman–Crippen LogP) is 5.81. The van der Waals surface area contributed by atoms with Gasteiger partial charge in [-0.15, -0.1) is 11.3 Å². The van der Waals surface area contributed by atoms with Crippen molar-refractivity contribution < 1.29 is 4.74 Å². The van der Waals surface area contributed by atoms with Crippen LogP contribution >= 0.6 is 11.3 Å². The maximum atomic E-state index is 6.08. The molecule has 0 aliphatic carbocycles. The highest BCUT2D eigenvalue weighted by Crippen LogP contribution is 2.42. The van der Waals surface area contributed by atoms with Crippen LogP contribution in [0.3, 0.4) is 0 Å². The Morgan fingerprint density at radius 2 is 1.83 bits per heavy atom. The Balaban J connectivity index is 1.90. The van der Waals surface area contributed by atoms with Crippen molar-refractivity contribution in [1.29, 1.82) is 0 Å². The molecule has 0 atom stereocenters. The van der Waals surface area contributed by atoms with E-state index in [9.17, 15) is 0 Å². The molecule has 0 saturated carbocycles. The van der Waals surface area contributed by atoms with Gasteiger partial charge in [0.25, 0.3) is 0 Å². The van der Waals surface area contributed by atoms with Crippen LogP contribution in [0.15, 0.2) is 6.33 Å². The van der Waals surface area contributed by atoms with E-state index in [0.29, 0.717) is 6.61 Å². The van der Waals surface area contributed by atoms with Gasteiger partial charge in [-0.25, -0.2) is 15.0 Å². The molecule has 4 rings (SSSR count). The molecule has 6 heteroatoms. The molecule has 0 radical (unpaired) electrons. The molecule has 0 bridgehead atoms. The zero-order chi connectivity index (χ0) is 20.6. The van der Waals surface area contributed by atoms with Crippen LogP contribution in [0, 0.1) is 6.92 Å². The molecule has 0 N–H and O–H groups in total. The number of thiophene rings is 1. The molecule has 1 aliphatic rings. The summed E-state index contributed by atoms with van der Waals surface area (Å²) in [5, 5.41) is 1.22. The number of ether oxygens (including phenoxy) is 1. The maximum absolute atomic E-state index is 6.08. The van der Waals surface area contributed by atoms with Gasteiger partial charge in [0.1, 0.15) is 17.0 Å². The third-order valence-corrected chi connectivity index (χ3v) is 6.95. The molecule has 0 saturated heterocycles. The van der Waals surface area contributed by atoms with Crippen LogP contribution in [0.5, 0.6) is 0 Å². The Kier molecular flexibility index (Phi) is 5.76. The van der Waals surface area contributed by atoms with Crippen molar-refractivity contribution in [3.05, 3.63) is 23.1 Å². The van der Waals surface area contributed by atoms with Gasteiger partial charge >= 0.3 is 0 Å². The number of aryl methyl sites for hydroxylation is 1. The number of aromatic nitrogens is 3. The lowest BCUT2D eigenvalue weighted by molar-refractivity contribution is -0.0400. The zero-order valence-corrected chi connectivity index (χ0v) is 19.2. The van der Waals surface area contributed by atoms with Gasteiger partial charge in [0, 0.05) is 36.2 Å². The number of nitrogens with zero attached hydrogens (tertiary/aromatic N) is 4. The fourth-order valence-corrected chi connectivity index (χ4v) is 5.43. The van der Waals surface area contributed by atoms with E-state index in [1.165, 1.54) is 46.9 Å². The van der Waals surface area contributed by atoms with Crippen LogP contribution < -0.4 is 4.90 Å². The van der Waals surface area contributed by atoms with E-state index >= 15 is 0 Å². The molecular formula is C23H32N4OS. The van der Waals surface area contributed by atoms with Gasteiger partial charge in [-0.1, -0.05) is 26.7 Å². The molecule has 0 spiro atoms. The molecule has 0 amide bonds. The van der Waals surface area contributed by atoms with Crippen LogP contribution in [0.2, 0.25) is 0 Å². The highest BCUT2D eigenvalue weighted by atomic mass is 32.1. The van der Waals surface area contributed by atoms with Crippen LogP contribution in [0.1, 0.15) is 70.2 Å². The first-order valence-corrected chi connectivity index (χ1v) is 11.7. The summed E-state index contributed by atoms with van der Waals surface area (Å²) in [4.78, 5) is 18.0. The minimum absolute atomic E-state index is 0.161. The summed E-state index contributed by atoms with van der Waals surface area (Å²) in [6.07, 6.45) is 7.37. The SMILES string of the molecule is CCCCN(CCCC)c1ncnc2c1sc1nc(C)c3c(c12)CC(C)(C)OC3. The summed E-state index contributed by atoms with van der Waals surface area (Å²) in [6.45, 7) is 13.7. The topological polar surface area (TPSA) is 51.1 Å². The lowest BCUT2D eigenvalue weighted by Crippen LogP contribution is -2.32. The van der Waals surface area contributed by atoms with Crippen LogP contribution in [0.4, 0.5) is 5.82 Å². The van der Waals surface area contributed by atoms with E-state index in [4.69, 9.17) is 19.7 Å². The van der Waals surface area contributed by atoms with Crippen molar-refractivity contribution in [3.63, 3.8) is 0 Å². The fraction of sp³-hybridized carbons (Fsp3) is 0.609. The van der Waals surface area contributed by atoms with E-state index in [1.807, 2.05) is 0 Å². The van der Waals surface area contributed by atoms with Crippen molar-refractivity contribution >= 4 is 37.6 Å². The number of anilines is 1. The predicted molar refractivity (Wildman–Crippen MR) is 122 cm³/mol. The van der Waals surface area contributed by atoms with Crippen molar-refractivity contribution in [2.75, 3.05) is 18.0 Å². The van der Waals surface area contributed by atoms with E-state index in [2.05, 4.69) is 39.5 Å². The summed E-state index contributed by atoms with van der Waals surface area (Å²) >= 11 is 1.75. The molecular weight excluding hydrogens is 380 g/mol. The summed E-state index contributed by atoms with van der Waals surface area (Å²) in [5.41, 5.74) is 4.60. The van der Waals surface area contributed by atoms with E-state index in [1.54, 1.807) is 17.7 Å². The Hall–Kier alpha value is -1.79. The normalized spacial score (nSPS) is 15.8. The molecule has 1 aliphatic heterocycles. The van der Waals surface area contributed by atoms with Gasteiger partial charge in [0.2, 0.25) is 0 Å². The molecule has 0 aromatic carbocycles. The fourth-order valence-electron chi connectivity index (χ4n) is 4.20. The minimum atomic E-state index is -0.161. The lowest BCUT2D eigenvalue weighted by Gasteiger charge is -2.32. The first kappa shape index (κ1) is 20.5.